The molecule has 0 fully saturated rings. The zero-order valence-corrected chi connectivity index (χ0v) is 13.6. The lowest BCUT2D eigenvalue weighted by atomic mass is 10.1. The number of hydrogen-bond donors (Lipinski definition) is 1. The van der Waals surface area contributed by atoms with Crippen molar-refractivity contribution in [1.29, 1.82) is 0 Å². The molecule has 0 heterocycles. The molecular formula is C17H15ClN2O4. The monoisotopic (exact) mass is 346 g/mol. The first-order valence-corrected chi connectivity index (χ1v) is 7.35. The molecule has 2 rings (SSSR count). The Bertz CT molecular complexity index is 745. The van der Waals surface area contributed by atoms with E-state index in [2.05, 4.69) is 15.3 Å². The van der Waals surface area contributed by atoms with E-state index >= 15 is 0 Å². The van der Waals surface area contributed by atoms with Gasteiger partial charge < -0.3 is 9.47 Å². The number of hydrazone groups is 1. The van der Waals surface area contributed by atoms with Gasteiger partial charge in [0.25, 0.3) is 5.91 Å². The van der Waals surface area contributed by atoms with Crippen molar-refractivity contribution >= 4 is 29.7 Å². The number of nitrogens with zero attached hydrogens (tertiary/aromatic N) is 1. The minimum absolute atomic E-state index is 0.182. The van der Waals surface area contributed by atoms with Gasteiger partial charge in [-0.2, -0.15) is 5.10 Å². The van der Waals surface area contributed by atoms with Crippen LogP contribution in [0.15, 0.2) is 53.6 Å². The van der Waals surface area contributed by atoms with E-state index in [1.807, 2.05) is 0 Å². The third kappa shape index (κ3) is 5.40. The molecular weight excluding hydrogens is 332 g/mol. The molecule has 1 N–H and O–H groups in total. The van der Waals surface area contributed by atoms with E-state index in [-0.39, 0.29) is 6.61 Å². The Morgan fingerprint density at radius 1 is 1.21 bits per heavy atom. The summed E-state index contributed by atoms with van der Waals surface area (Å²) in [4.78, 5) is 22.9. The molecule has 0 radical (unpaired) electrons. The molecule has 6 nitrogen and oxygen atoms in total. The summed E-state index contributed by atoms with van der Waals surface area (Å²) in [5.74, 6) is -0.317. The largest absolute Gasteiger partial charge is 0.484 e. The van der Waals surface area contributed by atoms with Gasteiger partial charge in [-0.15, -0.1) is 0 Å². The number of carbonyl (C=O) groups is 2. The van der Waals surface area contributed by atoms with Gasteiger partial charge in [0.2, 0.25) is 0 Å². The van der Waals surface area contributed by atoms with Gasteiger partial charge in [0, 0.05) is 5.02 Å². The number of carbonyl (C=O) groups excluding carboxylic acids is 2. The van der Waals surface area contributed by atoms with E-state index in [9.17, 15) is 9.59 Å². The van der Waals surface area contributed by atoms with E-state index in [1.165, 1.54) is 13.3 Å². The van der Waals surface area contributed by atoms with E-state index in [0.29, 0.717) is 16.3 Å². The lowest BCUT2D eigenvalue weighted by Crippen LogP contribution is -2.24. The van der Waals surface area contributed by atoms with Gasteiger partial charge in [-0.3, -0.25) is 4.79 Å². The number of hydrogen-bond acceptors (Lipinski definition) is 5. The molecule has 0 saturated heterocycles. The van der Waals surface area contributed by atoms with Crippen molar-refractivity contribution in [3.8, 4) is 5.75 Å². The van der Waals surface area contributed by atoms with Crippen LogP contribution in [-0.2, 0) is 9.53 Å². The third-order valence-corrected chi connectivity index (χ3v) is 3.14. The summed E-state index contributed by atoms with van der Waals surface area (Å²) in [5, 5.41) is 4.35. The first-order chi connectivity index (χ1) is 11.6. The second kappa shape index (κ2) is 8.69. The summed E-state index contributed by atoms with van der Waals surface area (Å²) in [5.41, 5.74) is 3.51. The number of halogens is 1. The van der Waals surface area contributed by atoms with Crippen molar-refractivity contribution in [3.05, 3.63) is 64.7 Å². The topological polar surface area (TPSA) is 77.0 Å². The summed E-state index contributed by atoms with van der Waals surface area (Å²) < 4.78 is 9.89. The number of methoxy groups -OCH3 is 1. The van der Waals surface area contributed by atoms with Crippen LogP contribution in [0.4, 0.5) is 0 Å². The van der Waals surface area contributed by atoms with Gasteiger partial charge in [0.15, 0.2) is 6.61 Å². The molecule has 1 amide bonds. The Hall–Kier alpha value is -2.86. The summed E-state index contributed by atoms with van der Waals surface area (Å²) >= 11 is 5.82. The zero-order valence-electron chi connectivity index (χ0n) is 12.9. The third-order valence-electron chi connectivity index (χ3n) is 2.90. The highest BCUT2D eigenvalue weighted by atomic mass is 35.5. The minimum Gasteiger partial charge on any atom is -0.484 e. The number of amides is 1. The van der Waals surface area contributed by atoms with Crippen LogP contribution in [0, 0.1) is 0 Å². The molecule has 0 aromatic heterocycles. The second-order valence-corrected chi connectivity index (χ2v) is 5.09. The van der Waals surface area contributed by atoms with Crippen molar-refractivity contribution in [2.24, 2.45) is 5.10 Å². The SMILES string of the molecule is COC(=O)c1ccc(C=NNC(=O)COc2cccc(Cl)c2)cc1. The fourth-order valence-corrected chi connectivity index (χ4v) is 1.92. The van der Waals surface area contributed by atoms with E-state index in [0.717, 1.165) is 5.56 Å². The average molecular weight is 347 g/mol. The van der Waals surface area contributed by atoms with Crippen LogP contribution in [0.3, 0.4) is 0 Å². The molecule has 0 atom stereocenters. The van der Waals surface area contributed by atoms with Crippen molar-refractivity contribution in [2.75, 3.05) is 13.7 Å². The molecule has 0 spiro atoms. The second-order valence-electron chi connectivity index (χ2n) is 4.65. The van der Waals surface area contributed by atoms with Crippen LogP contribution in [0.25, 0.3) is 0 Å². The predicted molar refractivity (Wildman–Crippen MR) is 90.5 cm³/mol. The molecule has 24 heavy (non-hydrogen) atoms. The highest BCUT2D eigenvalue weighted by Gasteiger charge is 2.04. The standard InChI is InChI=1S/C17H15ClN2O4/c1-23-17(22)13-7-5-12(6-8-13)10-19-20-16(21)11-24-15-4-2-3-14(18)9-15/h2-10H,11H2,1H3,(H,20,21). The van der Waals surface area contributed by atoms with Crippen LogP contribution in [-0.4, -0.2) is 31.8 Å². The average Bonchev–Trinajstić information content (AvgIpc) is 2.60. The van der Waals surface area contributed by atoms with Crippen molar-refractivity contribution in [1.82, 2.24) is 5.43 Å². The van der Waals surface area contributed by atoms with Gasteiger partial charge in [-0.25, -0.2) is 10.2 Å². The van der Waals surface area contributed by atoms with Crippen LogP contribution >= 0.6 is 11.6 Å². The number of rotatable bonds is 6. The molecule has 0 aliphatic rings. The van der Waals surface area contributed by atoms with Crippen LogP contribution in [0.5, 0.6) is 5.75 Å². The Kier molecular flexibility index (Phi) is 6.33. The molecule has 7 heteroatoms. The maximum absolute atomic E-state index is 11.6. The lowest BCUT2D eigenvalue weighted by Gasteiger charge is -2.05. The molecule has 0 saturated carbocycles. The predicted octanol–water partition coefficient (Wildman–Crippen LogP) is 2.66. The van der Waals surface area contributed by atoms with Gasteiger partial charge in [0.05, 0.1) is 18.9 Å². The lowest BCUT2D eigenvalue weighted by molar-refractivity contribution is -0.123. The van der Waals surface area contributed by atoms with Crippen molar-refractivity contribution in [2.45, 2.75) is 0 Å². The fourth-order valence-electron chi connectivity index (χ4n) is 1.74. The van der Waals surface area contributed by atoms with E-state index in [4.69, 9.17) is 16.3 Å². The smallest absolute Gasteiger partial charge is 0.337 e. The van der Waals surface area contributed by atoms with E-state index < -0.39 is 11.9 Å². The van der Waals surface area contributed by atoms with Crippen LogP contribution < -0.4 is 10.2 Å². The quantitative estimate of drug-likeness (QED) is 0.495. The summed E-state index contributed by atoms with van der Waals surface area (Å²) in [7, 11) is 1.32. The molecule has 124 valence electrons. The zero-order chi connectivity index (χ0) is 17.4. The number of benzene rings is 2. The number of nitrogens with one attached hydrogen (secondary N) is 1. The Balaban J connectivity index is 1.80. The molecule has 0 aliphatic heterocycles. The highest BCUT2D eigenvalue weighted by molar-refractivity contribution is 6.30. The fraction of sp³-hybridized carbons (Fsp3) is 0.118. The van der Waals surface area contributed by atoms with Crippen LogP contribution in [0.1, 0.15) is 15.9 Å². The highest BCUT2D eigenvalue weighted by Crippen LogP contribution is 2.16. The maximum Gasteiger partial charge on any atom is 0.337 e. The van der Waals surface area contributed by atoms with Crippen molar-refractivity contribution < 1.29 is 19.1 Å². The molecule has 0 bridgehead atoms. The normalized spacial score (nSPS) is 10.4. The first-order valence-electron chi connectivity index (χ1n) is 6.97. The molecule has 2 aromatic rings. The van der Waals surface area contributed by atoms with E-state index in [1.54, 1.807) is 48.5 Å². The minimum atomic E-state index is -0.412. The first kappa shape index (κ1) is 17.5. The van der Waals surface area contributed by atoms with Gasteiger partial charge in [-0.1, -0.05) is 29.8 Å². The Morgan fingerprint density at radius 3 is 2.62 bits per heavy atom. The molecule has 0 aliphatic carbocycles. The van der Waals surface area contributed by atoms with Gasteiger partial charge in [0.1, 0.15) is 5.75 Å². The van der Waals surface area contributed by atoms with Gasteiger partial charge in [-0.05, 0) is 35.9 Å². The summed E-state index contributed by atoms with van der Waals surface area (Å²) in [6.07, 6.45) is 1.46. The molecule has 2 aromatic carbocycles. The number of ether oxygens (including phenoxy) is 2. The summed E-state index contributed by atoms with van der Waals surface area (Å²) in [6, 6.07) is 13.3. The Morgan fingerprint density at radius 2 is 1.96 bits per heavy atom. The van der Waals surface area contributed by atoms with Gasteiger partial charge >= 0.3 is 5.97 Å². The summed E-state index contributed by atoms with van der Waals surface area (Å²) in [6.45, 7) is -0.182. The van der Waals surface area contributed by atoms with Crippen LogP contribution in [0.2, 0.25) is 5.02 Å². The maximum atomic E-state index is 11.6. The Labute approximate surface area is 144 Å². The van der Waals surface area contributed by atoms with Crippen molar-refractivity contribution in [3.63, 3.8) is 0 Å². The number of esters is 1. The molecule has 0 unspecified atom stereocenters.